The molecule has 1 aromatic carbocycles. The Morgan fingerprint density at radius 1 is 1.47 bits per heavy atom. The van der Waals surface area contributed by atoms with Crippen LogP contribution in [0.25, 0.3) is 0 Å². The Morgan fingerprint density at radius 3 is 2.88 bits per heavy atom. The smallest absolute Gasteiger partial charge is 0.224 e. The summed E-state index contributed by atoms with van der Waals surface area (Å²) in [4.78, 5) is 12.0. The first kappa shape index (κ1) is 13.9. The van der Waals surface area contributed by atoms with Crippen molar-refractivity contribution in [3.63, 3.8) is 0 Å². The lowest BCUT2D eigenvalue weighted by Gasteiger charge is -2.05. The van der Waals surface area contributed by atoms with Crippen LogP contribution in [0.3, 0.4) is 0 Å². The number of hydrogen-bond donors (Lipinski definition) is 2. The zero-order chi connectivity index (χ0) is 12.7. The van der Waals surface area contributed by atoms with E-state index in [4.69, 9.17) is 29.6 Å². The van der Waals surface area contributed by atoms with E-state index in [-0.39, 0.29) is 5.91 Å². The minimum atomic E-state index is -0.0183. The van der Waals surface area contributed by atoms with E-state index >= 15 is 0 Å². The highest BCUT2D eigenvalue weighted by Gasteiger charge is 2.03. The third-order valence-electron chi connectivity index (χ3n) is 2.18. The van der Waals surface area contributed by atoms with Crippen LogP contribution in [0.4, 0.5) is 0 Å². The average Bonchev–Trinajstić information content (AvgIpc) is 2.24. The van der Waals surface area contributed by atoms with E-state index in [1.807, 2.05) is 12.1 Å². The van der Waals surface area contributed by atoms with Crippen LogP contribution in [-0.2, 0) is 11.2 Å². The summed E-state index contributed by atoms with van der Waals surface area (Å²) in [6.07, 6.45) is 1.77. The molecule has 1 rings (SSSR count). The summed E-state index contributed by atoms with van der Waals surface area (Å²) < 4.78 is 0. The van der Waals surface area contributed by atoms with Gasteiger partial charge in [-0.3, -0.25) is 4.79 Å². The van der Waals surface area contributed by atoms with E-state index < -0.39 is 0 Å². The molecule has 0 aliphatic carbocycles. The molecule has 0 atom stereocenters. The van der Waals surface area contributed by atoms with Crippen molar-refractivity contribution in [2.75, 3.05) is 6.54 Å². The molecule has 3 nitrogen and oxygen atoms in total. The normalized spacial score (nSPS) is 9.94. The molecule has 0 heterocycles. The van der Waals surface area contributed by atoms with Crippen molar-refractivity contribution in [3.05, 3.63) is 34.9 Å². The minimum Gasteiger partial charge on any atom is -0.393 e. The van der Waals surface area contributed by atoms with Crippen LogP contribution in [-0.4, -0.2) is 17.4 Å². The number of amides is 1. The lowest BCUT2D eigenvalue weighted by atomic mass is 10.1. The Bertz CT molecular complexity index is 409. The molecule has 0 saturated carbocycles. The van der Waals surface area contributed by atoms with E-state index in [0.717, 1.165) is 12.0 Å². The molecule has 0 aliphatic heterocycles. The van der Waals surface area contributed by atoms with Crippen LogP contribution in [0.15, 0.2) is 24.3 Å². The van der Waals surface area contributed by atoms with E-state index in [1.54, 1.807) is 12.1 Å². The van der Waals surface area contributed by atoms with Gasteiger partial charge < -0.3 is 11.1 Å². The van der Waals surface area contributed by atoms with Gasteiger partial charge in [-0.15, -0.1) is 0 Å². The lowest BCUT2D eigenvalue weighted by molar-refractivity contribution is -0.120. The van der Waals surface area contributed by atoms with Crippen molar-refractivity contribution in [2.45, 2.75) is 19.3 Å². The molecule has 0 spiro atoms. The second-order valence-electron chi connectivity index (χ2n) is 3.73. The Labute approximate surface area is 111 Å². The molecule has 1 aromatic rings. The molecule has 0 unspecified atom stereocenters. The zero-order valence-corrected chi connectivity index (χ0v) is 11.0. The fourth-order valence-corrected chi connectivity index (χ4v) is 1.74. The monoisotopic (exact) mass is 270 g/mol. The van der Waals surface area contributed by atoms with E-state index in [1.165, 1.54) is 0 Å². The van der Waals surface area contributed by atoms with Gasteiger partial charge in [-0.1, -0.05) is 36.0 Å². The summed E-state index contributed by atoms with van der Waals surface area (Å²) in [7, 11) is 0. The van der Waals surface area contributed by atoms with Gasteiger partial charge in [0.2, 0.25) is 5.91 Å². The Balaban J connectivity index is 2.27. The molecule has 0 aromatic heterocycles. The summed E-state index contributed by atoms with van der Waals surface area (Å²) in [5.74, 6) is -0.0183. The second kappa shape index (κ2) is 7.25. The molecule has 92 valence electrons. The average molecular weight is 271 g/mol. The Hall–Kier alpha value is -1.13. The van der Waals surface area contributed by atoms with Crippen molar-refractivity contribution in [3.8, 4) is 0 Å². The summed E-state index contributed by atoms with van der Waals surface area (Å²) in [5.41, 5.74) is 6.26. The Morgan fingerprint density at radius 2 is 2.24 bits per heavy atom. The highest BCUT2D eigenvalue weighted by molar-refractivity contribution is 7.80. The molecule has 0 saturated heterocycles. The van der Waals surface area contributed by atoms with Gasteiger partial charge in [0.1, 0.15) is 0 Å². The van der Waals surface area contributed by atoms with Crippen molar-refractivity contribution < 1.29 is 4.79 Å². The largest absolute Gasteiger partial charge is 0.393 e. The second-order valence-corrected chi connectivity index (χ2v) is 4.69. The molecular weight excluding hydrogens is 256 g/mol. The highest BCUT2D eigenvalue weighted by Crippen LogP contribution is 2.10. The van der Waals surface area contributed by atoms with Crippen LogP contribution in [0.5, 0.6) is 0 Å². The molecule has 5 heteroatoms. The van der Waals surface area contributed by atoms with Crippen LogP contribution >= 0.6 is 23.8 Å². The number of nitrogens with two attached hydrogens (primary N) is 1. The van der Waals surface area contributed by atoms with Crippen LogP contribution in [0.1, 0.15) is 18.4 Å². The number of nitrogens with one attached hydrogen (secondary N) is 1. The first-order chi connectivity index (χ1) is 8.08. The minimum absolute atomic E-state index is 0.0183. The number of hydrogen-bond acceptors (Lipinski definition) is 2. The molecule has 0 fully saturated rings. The van der Waals surface area contributed by atoms with Gasteiger partial charge >= 0.3 is 0 Å². The van der Waals surface area contributed by atoms with Gasteiger partial charge in [0.25, 0.3) is 0 Å². The van der Waals surface area contributed by atoms with Crippen molar-refractivity contribution >= 4 is 34.7 Å². The maximum absolute atomic E-state index is 11.6. The molecule has 3 N–H and O–H groups in total. The maximum Gasteiger partial charge on any atom is 0.224 e. The first-order valence-corrected chi connectivity index (χ1v) is 6.16. The quantitative estimate of drug-likeness (QED) is 0.615. The van der Waals surface area contributed by atoms with Gasteiger partial charge in [0.15, 0.2) is 0 Å². The highest BCUT2D eigenvalue weighted by atomic mass is 35.5. The predicted molar refractivity (Wildman–Crippen MR) is 74.2 cm³/mol. The van der Waals surface area contributed by atoms with Crippen LogP contribution < -0.4 is 11.1 Å². The van der Waals surface area contributed by atoms with Gasteiger partial charge in [-0.25, -0.2) is 0 Å². The topological polar surface area (TPSA) is 55.1 Å². The van der Waals surface area contributed by atoms with E-state index in [9.17, 15) is 4.79 Å². The van der Waals surface area contributed by atoms with Gasteiger partial charge in [0, 0.05) is 11.6 Å². The SMILES string of the molecule is NC(=S)CCCNC(=O)Cc1cccc(Cl)c1. The third-order valence-corrected chi connectivity index (χ3v) is 2.62. The number of halogens is 1. The predicted octanol–water partition coefficient (Wildman–Crippen LogP) is 2.06. The summed E-state index contributed by atoms with van der Waals surface area (Å²) >= 11 is 10.6. The van der Waals surface area contributed by atoms with Crippen LogP contribution in [0, 0.1) is 0 Å². The Kier molecular flexibility index (Phi) is 5.94. The summed E-state index contributed by atoms with van der Waals surface area (Å²) in [5, 5.41) is 3.45. The van der Waals surface area contributed by atoms with E-state index in [2.05, 4.69) is 5.32 Å². The number of benzene rings is 1. The number of rotatable bonds is 6. The molecule has 0 aliphatic rings. The van der Waals surface area contributed by atoms with Gasteiger partial charge in [-0.2, -0.15) is 0 Å². The number of carbonyl (C=O) groups is 1. The molecule has 17 heavy (non-hydrogen) atoms. The van der Waals surface area contributed by atoms with Crippen molar-refractivity contribution in [1.29, 1.82) is 0 Å². The molecular formula is C12H15ClN2OS. The van der Waals surface area contributed by atoms with Crippen molar-refractivity contribution in [1.82, 2.24) is 5.32 Å². The molecule has 1 amide bonds. The van der Waals surface area contributed by atoms with Crippen LogP contribution in [0.2, 0.25) is 5.02 Å². The first-order valence-electron chi connectivity index (χ1n) is 5.37. The fraction of sp³-hybridized carbons (Fsp3) is 0.333. The van der Waals surface area contributed by atoms with Gasteiger partial charge in [0.05, 0.1) is 11.4 Å². The van der Waals surface area contributed by atoms with Crippen molar-refractivity contribution in [2.24, 2.45) is 5.73 Å². The number of carbonyl (C=O) groups excluding carboxylic acids is 1. The fourth-order valence-electron chi connectivity index (χ4n) is 1.39. The number of thiocarbonyl (C=S) groups is 1. The molecule has 0 radical (unpaired) electrons. The zero-order valence-electron chi connectivity index (χ0n) is 9.41. The van der Waals surface area contributed by atoms with Gasteiger partial charge in [-0.05, 0) is 30.5 Å². The standard InChI is InChI=1S/C12H15ClN2OS/c13-10-4-1-3-9(7-10)8-12(16)15-6-2-5-11(14)17/h1,3-4,7H,2,5-6,8H2,(H2,14,17)(H,15,16). The maximum atomic E-state index is 11.6. The summed E-state index contributed by atoms with van der Waals surface area (Å²) in [6, 6.07) is 7.28. The lowest BCUT2D eigenvalue weighted by Crippen LogP contribution is -2.26. The molecule has 0 bridgehead atoms. The third kappa shape index (κ3) is 6.24. The summed E-state index contributed by atoms with van der Waals surface area (Å²) in [6.45, 7) is 0.594. The van der Waals surface area contributed by atoms with E-state index in [0.29, 0.717) is 29.4 Å².